The van der Waals surface area contributed by atoms with Gasteiger partial charge in [-0.3, -0.25) is 0 Å². The van der Waals surface area contributed by atoms with Crippen LogP contribution in [0.3, 0.4) is 0 Å². The van der Waals surface area contributed by atoms with Crippen LogP contribution in [0.2, 0.25) is 0 Å². The Morgan fingerprint density at radius 1 is 1.24 bits per heavy atom. The highest BCUT2D eigenvalue weighted by Crippen LogP contribution is 2.36. The molecule has 6 heteroatoms. The number of benzene rings is 1. The van der Waals surface area contributed by atoms with Crippen molar-refractivity contribution in [1.82, 2.24) is 0 Å². The third-order valence-corrected chi connectivity index (χ3v) is 4.60. The zero-order chi connectivity index (χ0) is 15.6. The second-order valence-electron chi connectivity index (χ2n) is 6.57. The van der Waals surface area contributed by atoms with Crippen molar-refractivity contribution in [2.45, 2.75) is 38.0 Å². The molecule has 0 N–H and O–H groups in total. The lowest BCUT2D eigenvalue weighted by Crippen LogP contribution is -2.35. The largest absolute Gasteiger partial charge is 0.487 e. The molecule has 1 aromatic rings. The maximum atomic E-state index is 14.3. The van der Waals surface area contributed by atoms with Crippen LogP contribution in [0.15, 0.2) is 12.1 Å². The molecule has 1 saturated heterocycles. The SMILES string of the molecule is BC(B)(c1cc(F)cc(F)c1OC1CCOCC1)C(C)C. The molecule has 0 amide bonds. The summed E-state index contributed by atoms with van der Waals surface area (Å²) < 4.78 is 39.1. The predicted octanol–water partition coefficient (Wildman–Crippen LogP) is 1.60. The molecule has 0 unspecified atom stereocenters. The van der Waals surface area contributed by atoms with Gasteiger partial charge in [0.05, 0.1) is 13.2 Å². The molecule has 2 nitrogen and oxygen atoms in total. The Labute approximate surface area is 127 Å². The molecule has 114 valence electrons. The van der Waals surface area contributed by atoms with Crippen LogP contribution in [0.1, 0.15) is 32.3 Å². The molecule has 1 aromatic carbocycles. The third kappa shape index (κ3) is 3.60. The molecule has 1 aliphatic heterocycles. The molecular weight excluding hydrogens is 272 g/mol. The average molecular weight is 294 g/mol. The van der Waals surface area contributed by atoms with Gasteiger partial charge in [-0.15, -0.1) is 0 Å². The first-order chi connectivity index (χ1) is 9.82. The van der Waals surface area contributed by atoms with Gasteiger partial charge in [0.2, 0.25) is 0 Å². The highest BCUT2D eigenvalue weighted by atomic mass is 19.1. The predicted molar refractivity (Wildman–Crippen MR) is 84.4 cm³/mol. The summed E-state index contributed by atoms with van der Waals surface area (Å²) in [5, 5.41) is -0.372. The second-order valence-corrected chi connectivity index (χ2v) is 6.57. The fraction of sp³-hybridized carbons (Fsp3) is 0.600. The van der Waals surface area contributed by atoms with Crippen LogP contribution in [0.5, 0.6) is 5.75 Å². The Balaban J connectivity index is 2.38. The molecule has 0 aromatic heterocycles. The molecule has 0 aliphatic carbocycles. The van der Waals surface area contributed by atoms with Crippen molar-refractivity contribution in [2.75, 3.05) is 13.2 Å². The van der Waals surface area contributed by atoms with Crippen LogP contribution in [0, 0.1) is 17.6 Å². The molecular formula is C15H22B2F2O2. The first kappa shape index (κ1) is 16.3. The van der Waals surface area contributed by atoms with Gasteiger partial charge in [0, 0.05) is 18.9 Å². The highest BCUT2D eigenvalue weighted by molar-refractivity contribution is 6.40. The standard InChI is InChI=1S/C15H22B2F2O2/c1-9(2)15(16,17)12-7-10(18)8-13(19)14(12)21-11-3-5-20-6-4-11/h7-9,11H,3-6,16-17H2,1-2H3. The summed E-state index contributed by atoms with van der Waals surface area (Å²) in [6.45, 7) is 5.33. The normalized spacial score (nSPS) is 17.2. The number of halogens is 2. The maximum absolute atomic E-state index is 14.3. The summed E-state index contributed by atoms with van der Waals surface area (Å²) in [7, 11) is 3.98. The van der Waals surface area contributed by atoms with Crippen molar-refractivity contribution < 1.29 is 18.3 Å². The van der Waals surface area contributed by atoms with E-state index in [2.05, 4.69) is 0 Å². The number of hydrogen-bond donors (Lipinski definition) is 0. The zero-order valence-electron chi connectivity index (χ0n) is 13.2. The Kier molecular flexibility index (Phi) is 4.97. The smallest absolute Gasteiger partial charge is 0.168 e. The van der Waals surface area contributed by atoms with Crippen LogP contribution in [0.4, 0.5) is 8.78 Å². The third-order valence-electron chi connectivity index (χ3n) is 4.60. The van der Waals surface area contributed by atoms with E-state index in [9.17, 15) is 8.78 Å². The molecule has 21 heavy (non-hydrogen) atoms. The molecule has 0 spiro atoms. The van der Waals surface area contributed by atoms with E-state index < -0.39 is 11.6 Å². The summed E-state index contributed by atoms with van der Waals surface area (Å²) >= 11 is 0. The maximum Gasteiger partial charge on any atom is 0.168 e. The first-order valence-electron chi connectivity index (χ1n) is 7.56. The molecule has 0 radical (unpaired) electrons. The van der Waals surface area contributed by atoms with Gasteiger partial charge in [0.25, 0.3) is 0 Å². The Bertz CT molecular complexity index is 501. The lowest BCUT2D eigenvalue weighted by atomic mass is 9.46. The molecule has 1 aliphatic rings. The monoisotopic (exact) mass is 294 g/mol. The lowest BCUT2D eigenvalue weighted by molar-refractivity contribution is 0.0233. The minimum atomic E-state index is -0.620. The summed E-state index contributed by atoms with van der Waals surface area (Å²) in [5.74, 6) is -0.751. The first-order valence-corrected chi connectivity index (χ1v) is 7.56. The van der Waals surface area contributed by atoms with Crippen molar-refractivity contribution >= 4 is 15.7 Å². The highest BCUT2D eigenvalue weighted by Gasteiger charge is 2.31. The van der Waals surface area contributed by atoms with Gasteiger partial charge in [-0.1, -0.05) is 25.0 Å². The topological polar surface area (TPSA) is 18.5 Å². The van der Waals surface area contributed by atoms with E-state index in [-0.39, 0.29) is 23.0 Å². The number of rotatable bonds is 4. The van der Waals surface area contributed by atoms with Crippen LogP contribution in [-0.4, -0.2) is 35.0 Å². The average Bonchev–Trinajstić information content (AvgIpc) is 2.42. The molecule has 0 saturated carbocycles. The molecule has 1 heterocycles. The minimum Gasteiger partial charge on any atom is -0.487 e. The minimum absolute atomic E-state index is 0.0691. The van der Waals surface area contributed by atoms with Crippen molar-refractivity contribution in [1.29, 1.82) is 0 Å². The van der Waals surface area contributed by atoms with E-state index in [0.29, 0.717) is 18.8 Å². The van der Waals surface area contributed by atoms with Crippen molar-refractivity contribution in [3.63, 3.8) is 0 Å². The summed E-state index contributed by atoms with van der Waals surface area (Å²) in [4.78, 5) is 0. The summed E-state index contributed by atoms with van der Waals surface area (Å²) in [6, 6.07) is 2.30. The van der Waals surface area contributed by atoms with Gasteiger partial charge in [-0.25, -0.2) is 8.78 Å². The Morgan fingerprint density at radius 3 is 2.43 bits per heavy atom. The van der Waals surface area contributed by atoms with E-state index in [1.807, 2.05) is 29.5 Å². The van der Waals surface area contributed by atoms with E-state index >= 15 is 0 Å². The van der Waals surface area contributed by atoms with Crippen LogP contribution < -0.4 is 4.74 Å². The lowest BCUT2D eigenvalue weighted by Gasteiger charge is -2.33. The van der Waals surface area contributed by atoms with Crippen LogP contribution in [-0.2, 0) is 9.95 Å². The van der Waals surface area contributed by atoms with Gasteiger partial charge < -0.3 is 9.47 Å². The zero-order valence-corrected chi connectivity index (χ0v) is 13.2. The van der Waals surface area contributed by atoms with Gasteiger partial charge in [-0.05, 0) is 11.6 Å². The Hall–Kier alpha value is -1.03. The molecule has 2 rings (SSSR count). The van der Waals surface area contributed by atoms with Gasteiger partial charge in [0.15, 0.2) is 11.6 Å². The van der Waals surface area contributed by atoms with Crippen molar-refractivity contribution in [3.05, 3.63) is 29.3 Å². The van der Waals surface area contributed by atoms with Crippen LogP contribution in [0.25, 0.3) is 0 Å². The fourth-order valence-electron chi connectivity index (χ4n) is 2.43. The van der Waals surface area contributed by atoms with E-state index in [1.165, 1.54) is 6.07 Å². The number of hydrogen-bond acceptors (Lipinski definition) is 2. The fourth-order valence-corrected chi connectivity index (χ4v) is 2.43. The summed E-state index contributed by atoms with van der Waals surface area (Å²) in [6.07, 6.45) is 1.40. The van der Waals surface area contributed by atoms with E-state index in [1.54, 1.807) is 0 Å². The van der Waals surface area contributed by atoms with Crippen molar-refractivity contribution in [2.24, 2.45) is 5.92 Å². The second kappa shape index (κ2) is 6.39. The van der Waals surface area contributed by atoms with Crippen LogP contribution >= 0.6 is 0 Å². The quantitative estimate of drug-likeness (QED) is 0.785. The Morgan fingerprint density at radius 2 is 1.86 bits per heavy atom. The van der Waals surface area contributed by atoms with Gasteiger partial charge >= 0.3 is 0 Å². The molecule has 0 bridgehead atoms. The summed E-state index contributed by atoms with van der Waals surface area (Å²) in [5.41, 5.74) is 0.599. The van der Waals surface area contributed by atoms with Gasteiger partial charge in [0.1, 0.15) is 27.6 Å². The molecule has 0 atom stereocenters. The van der Waals surface area contributed by atoms with E-state index in [4.69, 9.17) is 9.47 Å². The number of ether oxygens (including phenoxy) is 2. The van der Waals surface area contributed by atoms with E-state index in [0.717, 1.165) is 18.9 Å². The van der Waals surface area contributed by atoms with Gasteiger partial charge in [-0.2, -0.15) is 0 Å². The van der Waals surface area contributed by atoms with Crippen molar-refractivity contribution in [3.8, 4) is 5.75 Å². The molecule has 1 fully saturated rings.